The zero-order valence-corrected chi connectivity index (χ0v) is 20.8. The molecule has 2 bridgehead atoms. The summed E-state index contributed by atoms with van der Waals surface area (Å²) in [5.74, 6) is 1.53. The van der Waals surface area contributed by atoms with E-state index in [1.807, 2.05) is 24.3 Å². The Bertz CT molecular complexity index is 1270. The normalized spacial score (nSPS) is 23.8. The summed E-state index contributed by atoms with van der Waals surface area (Å²) < 4.78 is 11.5. The minimum absolute atomic E-state index is 0.120. The highest BCUT2D eigenvalue weighted by atomic mass is 16.5. The van der Waals surface area contributed by atoms with Crippen LogP contribution in [0.3, 0.4) is 0 Å². The van der Waals surface area contributed by atoms with Gasteiger partial charge in [0.1, 0.15) is 5.82 Å². The van der Waals surface area contributed by atoms with Crippen LogP contribution in [0.2, 0.25) is 0 Å². The van der Waals surface area contributed by atoms with Crippen LogP contribution in [0, 0.1) is 0 Å². The van der Waals surface area contributed by atoms with Crippen molar-refractivity contribution in [3.05, 3.63) is 42.0 Å². The van der Waals surface area contributed by atoms with Crippen molar-refractivity contribution in [3.63, 3.8) is 0 Å². The lowest BCUT2D eigenvalue weighted by molar-refractivity contribution is 0.0887. The van der Waals surface area contributed by atoms with Crippen molar-refractivity contribution in [1.82, 2.24) is 20.3 Å². The minimum atomic E-state index is -0.120. The maximum absolute atomic E-state index is 12.2. The third-order valence-electron chi connectivity index (χ3n) is 7.66. The van der Waals surface area contributed by atoms with Gasteiger partial charge in [0.05, 0.1) is 42.5 Å². The molecule has 3 atom stereocenters. The zero-order chi connectivity index (χ0) is 24.6. The quantitative estimate of drug-likeness (QED) is 0.586. The van der Waals surface area contributed by atoms with Gasteiger partial charge in [0.25, 0.3) is 5.91 Å². The number of pyridine rings is 1. The van der Waals surface area contributed by atoms with Gasteiger partial charge in [-0.3, -0.25) is 4.79 Å². The number of ether oxygens (including phenoxy) is 2. The van der Waals surface area contributed by atoms with Gasteiger partial charge in [0.2, 0.25) is 5.95 Å². The molecule has 3 fully saturated rings. The second kappa shape index (κ2) is 9.63. The second-order valence-corrected chi connectivity index (χ2v) is 9.85. The molecule has 3 aliphatic rings. The van der Waals surface area contributed by atoms with Crippen LogP contribution in [0.1, 0.15) is 36.0 Å². The smallest absolute Gasteiger partial charge is 0.251 e. The molecule has 188 valence electrons. The van der Waals surface area contributed by atoms with Gasteiger partial charge in [0.15, 0.2) is 5.65 Å². The molecule has 0 radical (unpaired) electrons. The number of nitrogens with one attached hydrogen (secondary N) is 1. The van der Waals surface area contributed by atoms with E-state index < -0.39 is 0 Å². The third kappa shape index (κ3) is 4.16. The van der Waals surface area contributed by atoms with Crippen LogP contribution in [0.4, 0.5) is 11.8 Å². The average Bonchev–Trinajstić information content (AvgIpc) is 3.19. The Balaban J connectivity index is 1.46. The van der Waals surface area contributed by atoms with E-state index in [-0.39, 0.29) is 12.0 Å². The van der Waals surface area contributed by atoms with Gasteiger partial charge in [-0.05, 0) is 49.9 Å². The Morgan fingerprint density at radius 1 is 1.08 bits per heavy atom. The predicted octanol–water partition coefficient (Wildman–Crippen LogP) is 3.03. The molecule has 1 aromatic carbocycles. The van der Waals surface area contributed by atoms with Crippen molar-refractivity contribution in [1.29, 1.82) is 0 Å². The van der Waals surface area contributed by atoms with E-state index in [9.17, 15) is 4.79 Å². The molecule has 0 saturated carbocycles. The molecule has 9 nitrogen and oxygen atoms in total. The fourth-order valence-electron chi connectivity index (χ4n) is 5.74. The molecule has 1 amide bonds. The third-order valence-corrected chi connectivity index (χ3v) is 7.66. The van der Waals surface area contributed by atoms with E-state index in [2.05, 4.69) is 21.2 Å². The zero-order valence-electron chi connectivity index (χ0n) is 20.8. The Labute approximate surface area is 210 Å². The van der Waals surface area contributed by atoms with E-state index in [4.69, 9.17) is 24.4 Å². The van der Waals surface area contributed by atoms with Crippen molar-refractivity contribution >= 4 is 28.7 Å². The number of carbonyl (C=O) groups is 1. The summed E-state index contributed by atoms with van der Waals surface area (Å²) >= 11 is 0. The minimum Gasteiger partial charge on any atom is -0.380 e. The summed E-state index contributed by atoms with van der Waals surface area (Å²) in [4.78, 5) is 32.0. The first kappa shape index (κ1) is 23.1. The Morgan fingerprint density at radius 2 is 1.92 bits per heavy atom. The number of anilines is 2. The molecule has 3 unspecified atom stereocenters. The van der Waals surface area contributed by atoms with Crippen LogP contribution in [0.15, 0.2) is 36.4 Å². The molecule has 36 heavy (non-hydrogen) atoms. The molecule has 3 aromatic rings. The first-order valence-corrected chi connectivity index (χ1v) is 12.8. The first-order chi connectivity index (χ1) is 17.6. The molecule has 6 rings (SSSR count). The maximum atomic E-state index is 12.2. The van der Waals surface area contributed by atoms with Gasteiger partial charge in [-0.25, -0.2) is 4.98 Å². The lowest BCUT2D eigenvalue weighted by Gasteiger charge is -2.37. The van der Waals surface area contributed by atoms with Crippen LogP contribution in [-0.2, 0) is 9.47 Å². The molecule has 2 aromatic heterocycles. The molecule has 9 heteroatoms. The summed E-state index contributed by atoms with van der Waals surface area (Å²) in [6.45, 7) is 3.15. The number of hydrogen-bond acceptors (Lipinski definition) is 8. The lowest BCUT2D eigenvalue weighted by atomic mass is 10.1. The molecule has 0 spiro atoms. The first-order valence-electron chi connectivity index (χ1n) is 12.8. The monoisotopic (exact) mass is 488 g/mol. The molecular formula is C27H32N6O3. The number of nitrogens with zero attached hydrogens (tertiary/aromatic N) is 5. The highest BCUT2D eigenvalue weighted by Crippen LogP contribution is 2.36. The molecule has 1 N–H and O–H groups in total. The number of carbonyl (C=O) groups excluding carboxylic acids is 1. The van der Waals surface area contributed by atoms with Gasteiger partial charge < -0.3 is 24.6 Å². The predicted molar refractivity (Wildman–Crippen MR) is 139 cm³/mol. The summed E-state index contributed by atoms with van der Waals surface area (Å²) in [7, 11) is 3.42. The maximum Gasteiger partial charge on any atom is 0.251 e. The van der Waals surface area contributed by atoms with Crippen molar-refractivity contribution < 1.29 is 14.3 Å². The highest BCUT2D eigenvalue weighted by molar-refractivity contribution is 5.95. The van der Waals surface area contributed by atoms with Crippen molar-refractivity contribution in [2.75, 3.05) is 50.3 Å². The van der Waals surface area contributed by atoms with Gasteiger partial charge in [-0.2, -0.15) is 9.97 Å². The highest BCUT2D eigenvalue weighted by Gasteiger charge is 2.39. The van der Waals surface area contributed by atoms with Crippen LogP contribution in [0.25, 0.3) is 22.3 Å². The Hall–Kier alpha value is -3.30. The molecule has 0 aliphatic carbocycles. The lowest BCUT2D eigenvalue weighted by Crippen LogP contribution is -2.47. The molecule has 5 heterocycles. The van der Waals surface area contributed by atoms with Gasteiger partial charge in [0, 0.05) is 38.4 Å². The average molecular weight is 489 g/mol. The number of piperidine rings is 1. The van der Waals surface area contributed by atoms with Gasteiger partial charge >= 0.3 is 0 Å². The number of amides is 1. The van der Waals surface area contributed by atoms with Crippen LogP contribution < -0.4 is 15.1 Å². The molecular weight excluding hydrogens is 456 g/mol. The van der Waals surface area contributed by atoms with Gasteiger partial charge in [-0.15, -0.1) is 0 Å². The number of hydrogen-bond donors (Lipinski definition) is 1. The number of methoxy groups -OCH3 is 1. The summed E-state index contributed by atoms with van der Waals surface area (Å²) in [6.07, 6.45) is 4.49. The van der Waals surface area contributed by atoms with Crippen LogP contribution >= 0.6 is 0 Å². The fraction of sp³-hybridized carbons (Fsp3) is 0.481. The fourth-order valence-corrected chi connectivity index (χ4v) is 5.74. The largest absolute Gasteiger partial charge is 0.380 e. The summed E-state index contributed by atoms with van der Waals surface area (Å²) in [5, 5.41) is 3.62. The van der Waals surface area contributed by atoms with Crippen LogP contribution in [-0.4, -0.2) is 79.5 Å². The van der Waals surface area contributed by atoms with Crippen molar-refractivity contribution in [2.24, 2.45) is 0 Å². The molecule has 3 aliphatic heterocycles. The second-order valence-electron chi connectivity index (χ2n) is 9.85. The standard InChI is InChI=1S/C27H32N6O3/c1-28-26(34)18-6-3-5-17(13-18)23-11-10-22-24(29-23)30-27(33-19-8-9-20(33)16-36-15-19)31-25(22)32-12-4-7-21(14-32)35-2/h3,5-6,10-11,13,19-21H,4,7-9,12,14-16H2,1-2H3,(H,28,34). The number of benzene rings is 1. The number of morpholine rings is 1. The topological polar surface area (TPSA) is 92.7 Å². The van der Waals surface area contributed by atoms with Gasteiger partial charge in [-0.1, -0.05) is 12.1 Å². The van der Waals surface area contributed by atoms with E-state index in [0.717, 1.165) is 67.2 Å². The SMILES string of the molecule is CNC(=O)c1cccc(-c2ccc3c(N4CCCC(OC)C4)nc(N4C5CCC4COC5)nc3n2)c1. The Kier molecular flexibility index (Phi) is 6.18. The van der Waals surface area contributed by atoms with E-state index in [0.29, 0.717) is 36.5 Å². The number of fused-ring (bicyclic) bond motifs is 3. The number of aromatic nitrogens is 3. The molecule has 3 saturated heterocycles. The summed E-state index contributed by atoms with van der Waals surface area (Å²) in [6, 6.07) is 12.2. The van der Waals surface area contributed by atoms with E-state index >= 15 is 0 Å². The Morgan fingerprint density at radius 3 is 2.69 bits per heavy atom. The van der Waals surface area contributed by atoms with E-state index in [1.165, 1.54) is 0 Å². The summed E-state index contributed by atoms with van der Waals surface area (Å²) in [5.41, 5.74) is 2.93. The van der Waals surface area contributed by atoms with Crippen LogP contribution in [0.5, 0.6) is 0 Å². The number of rotatable bonds is 5. The van der Waals surface area contributed by atoms with Crippen molar-refractivity contribution in [3.8, 4) is 11.3 Å². The van der Waals surface area contributed by atoms with Crippen molar-refractivity contribution in [2.45, 2.75) is 43.9 Å². The van der Waals surface area contributed by atoms with E-state index in [1.54, 1.807) is 20.2 Å².